The minimum absolute atomic E-state index is 0.0907. The number of carbonyl (C=O) groups is 1. The van der Waals surface area contributed by atoms with E-state index in [2.05, 4.69) is 48.6 Å². The fourth-order valence-corrected chi connectivity index (χ4v) is 3.39. The quantitative estimate of drug-likeness (QED) is 0.903. The van der Waals surface area contributed by atoms with Crippen molar-refractivity contribution in [3.05, 3.63) is 64.7 Å². The second-order valence-corrected chi connectivity index (χ2v) is 6.42. The lowest BCUT2D eigenvalue weighted by Gasteiger charge is -2.27. The van der Waals surface area contributed by atoms with Gasteiger partial charge in [-0.05, 0) is 60.1 Å². The van der Waals surface area contributed by atoms with E-state index in [1.807, 2.05) is 6.07 Å². The van der Waals surface area contributed by atoms with Gasteiger partial charge in [0.25, 0.3) is 0 Å². The number of rotatable bonds is 5. The molecule has 0 saturated carbocycles. The Morgan fingerprint density at radius 1 is 1.17 bits per heavy atom. The monoisotopic (exact) mass is 323 g/mol. The molecule has 1 aliphatic rings. The summed E-state index contributed by atoms with van der Waals surface area (Å²) in [6.07, 6.45) is 4.61. The molecule has 126 valence electrons. The summed E-state index contributed by atoms with van der Waals surface area (Å²) in [7, 11) is 1.69. The molecule has 2 aromatic rings. The van der Waals surface area contributed by atoms with Crippen LogP contribution in [-0.4, -0.2) is 13.0 Å². The van der Waals surface area contributed by atoms with Gasteiger partial charge in [0.05, 0.1) is 19.6 Å². The van der Waals surface area contributed by atoms with Crippen LogP contribution in [0.5, 0.6) is 5.75 Å². The number of carbonyl (C=O) groups excluding carboxylic acids is 1. The normalized spacial score (nSPS) is 16.3. The summed E-state index contributed by atoms with van der Waals surface area (Å²) in [4.78, 5) is 12.4. The van der Waals surface area contributed by atoms with Crippen molar-refractivity contribution in [1.82, 2.24) is 5.32 Å². The minimum atomic E-state index is 0.0907. The minimum Gasteiger partial charge on any atom is -0.497 e. The summed E-state index contributed by atoms with van der Waals surface area (Å²) in [5, 5.41) is 3.21. The van der Waals surface area contributed by atoms with Crippen molar-refractivity contribution in [2.75, 3.05) is 7.11 Å². The molecule has 0 aliphatic heterocycles. The second kappa shape index (κ2) is 7.52. The van der Waals surface area contributed by atoms with Gasteiger partial charge in [0, 0.05) is 0 Å². The number of fused-ring (bicyclic) bond motifs is 1. The second-order valence-electron chi connectivity index (χ2n) is 6.42. The maximum absolute atomic E-state index is 12.4. The van der Waals surface area contributed by atoms with Gasteiger partial charge in [-0.2, -0.15) is 0 Å². The van der Waals surface area contributed by atoms with Crippen molar-refractivity contribution in [2.24, 2.45) is 0 Å². The van der Waals surface area contributed by atoms with E-state index >= 15 is 0 Å². The first-order valence-corrected chi connectivity index (χ1v) is 8.73. The molecular formula is C21H25NO2. The number of amides is 1. The van der Waals surface area contributed by atoms with E-state index in [0.717, 1.165) is 37.0 Å². The average Bonchev–Trinajstić information content (AvgIpc) is 2.62. The molecule has 0 bridgehead atoms. The average molecular weight is 323 g/mol. The Morgan fingerprint density at radius 3 is 2.62 bits per heavy atom. The van der Waals surface area contributed by atoms with Gasteiger partial charge in [-0.1, -0.05) is 37.3 Å². The van der Waals surface area contributed by atoms with Crippen LogP contribution in [0.15, 0.2) is 42.5 Å². The van der Waals surface area contributed by atoms with Gasteiger partial charge in [0.15, 0.2) is 0 Å². The van der Waals surface area contributed by atoms with Crippen molar-refractivity contribution in [3.8, 4) is 5.75 Å². The highest BCUT2D eigenvalue weighted by atomic mass is 16.5. The zero-order chi connectivity index (χ0) is 16.9. The third kappa shape index (κ3) is 3.78. The first-order valence-electron chi connectivity index (χ1n) is 8.73. The summed E-state index contributed by atoms with van der Waals surface area (Å²) >= 11 is 0. The number of hydrogen-bond acceptors (Lipinski definition) is 2. The molecule has 0 fully saturated rings. The van der Waals surface area contributed by atoms with E-state index in [0.29, 0.717) is 6.42 Å². The van der Waals surface area contributed by atoms with E-state index in [9.17, 15) is 4.79 Å². The topological polar surface area (TPSA) is 38.3 Å². The molecule has 1 amide bonds. The van der Waals surface area contributed by atoms with Gasteiger partial charge in [-0.3, -0.25) is 4.79 Å². The zero-order valence-electron chi connectivity index (χ0n) is 14.5. The van der Waals surface area contributed by atoms with Gasteiger partial charge >= 0.3 is 0 Å². The number of ether oxygens (including phenoxy) is 1. The number of nitrogens with one attached hydrogen (secondary N) is 1. The molecule has 0 unspecified atom stereocenters. The molecule has 0 aromatic heterocycles. The maximum Gasteiger partial charge on any atom is 0.224 e. The van der Waals surface area contributed by atoms with Crippen molar-refractivity contribution in [2.45, 2.75) is 45.1 Å². The van der Waals surface area contributed by atoms with Crippen LogP contribution in [0.3, 0.4) is 0 Å². The predicted molar refractivity (Wildman–Crippen MR) is 96.3 cm³/mol. The highest BCUT2D eigenvalue weighted by Gasteiger charge is 2.22. The van der Waals surface area contributed by atoms with E-state index < -0.39 is 0 Å². The molecule has 3 rings (SSSR count). The van der Waals surface area contributed by atoms with Crippen molar-refractivity contribution < 1.29 is 9.53 Å². The number of hydrogen-bond donors (Lipinski definition) is 1. The Hall–Kier alpha value is -2.29. The van der Waals surface area contributed by atoms with Gasteiger partial charge < -0.3 is 10.1 Å². The summed E-state index contributed by atoms with van der Waals surface area (Å²) in [6, 6.07) is 14.6. The summed E-state index contributed by atoms with van der Waals surface area (Å²) in [6.45, 7) is 2.14. The summed E-state index contributed by atoms with van der Waals surface area (Å²) in [5.74, 6) is 0.977. The molecule has 1 aliphatic carbocycles. The summed E-state index contributed by atoms with van der Waals surface area (Å²) < 4.78 is 5.31. The molecule has 2 aromatic carbocycles. The van der Waals surface area contributed by atoms with Crippen LogP contribution in [0.1, 0.15) is 48.1 Å². The molecule has 0 spiro atoms. The SMILES string of the molecule is CCc1ccc(CC(=O)N[C@H]2CCCc3cc(OC)ccc32)cc1. The zero-order valence-corrected chi connectivity index (χ0v) is 14.5. The van der Waals surface area contributed by atoms with Gasteiger partial charge in [-0.15, -0.1) is 0 Å². The highest BCUT2D eigenvalue weighted by molar-refractivity contribution is 5.79. The largest absolute Gasteiger partial charge is 0.497 e. The number of aryl methyl sites for hydroxylation is 2. The van der Waals surface area contributed by atoms with Crippen LogP contribution < -0.4 is 10.1 Å². The Bertz CT molecular complexity index is 706. The Kier molecular flexibility index (Phi) is 5.19. The lowest BCUT2D eigenvalue weighted by atomic mass is 9.87. The first-order chi connectivity index (χ1) is 11.7. The molecule has 3 heteroatoms. The Labute approximate surface area is 144 Å². The van der Waals surface area contributed by atoms with Crippen molar-refractivity contribution in [3.63, 3.8) is 0 Å². The smallest absolute Gasteiger partial charge is 0.224 e. The number of methoxy groups -OCH3 is 1. The summed E-state index contributed by atoms with van der Waals surface area (Å²) in [5.41, 5.74) is 4.89. The van der Waals surface area contributed by atoms with Crippen LogP contribution in [0.25, 0.3) is 0 Å². The van der Waals surface area contributed by atoms with Gasteiger partial charge in [0.2, 0.25) is 5.91 Å². The molecule has 1 N–H and O–H groups in total. The highest BCUT2D eigenvalue weighted by Crippen LogP contribution is 2.32. The van der Waals surface area contributed by atoms with E-state index in [1.165, 1.54) is 16.7 Å². The lowest BCUT2D eigenvalue weighted by Crippen LogP contribution is -2.32. The number of benzene rings is 2. The standard InChI is InChI=1S/C21H25NO2/c1-3-15-7-9-16(10-8-15)13-21(23)22-20-6-4-5-17-14-18(24-2)11-12-19(17)20/h7-12,14,20H,3-6,13H2,1-2H3,(H,22,23)/t20-/m0/s1. The van der Waals surface area contributed by atoms with E-state index in [-0.39, 0.29) is 11.9 Å². The molecule has 24 heavy (non-hydrogen) atoms. The van der Waals surface area contributed by atoms with Crippen LogP contribution in [0, 0.1) is 0 Å². The van der Waals surface area contributed by atoms with Crippen molar-refractivity contribution >= 4 is 5.91 Å². The van der Waals surface area contributed by atoms with Crippen LogP contribution >= 0.6 is 0 Å². The van der Waals surface area contributed by atoms with Crippen LogP contribution in [0.4, 0.5) is 0 Å². The maximum atomic E-state index is 12.4. The molecule has 0 radical (unpaired) electrons. The van der Waals surface area contributed by atoms with Crippen LogP contribution in [0.2, 0.25) is 0 Å². The third-order valence-corrected chi connectivity index (χ3v) is 4.80. The molecule has 0 heterocycles. The van der Waals surface area contributed by atoms with Gasteiger partial charge in [-0.25, -0.2) is 0 Å². The van der Waals surface area contributed by atoms with E-state index in [1.54, 1.807) is 7.11 Å². The third-order valence-electron chi connectivity index (χ3n) is 4.80. The first kappa shape index (κ1) is 16.6. The molecule has 1 atom stereocenters. The Balaban J connectivity index is 1.66. The fraction of sp³-hybridized carbons (Fsp3) is 0.381. The van der Waals surface area contributed by atoms with E-state index in [4.69, 9.17) is 4.74 Å². The van der Waals surface area contributed by atoms with Crippen LogP contribution in [-0.2, 0) is 24.1 Å². The van der Waals surface area contributed by atoms with Gasteiger partial charge in [0.1, 0.15) is 5.75 Å². The Morgan fingerprint density at radius 2 is 1.92 bits per heavy atom. The fourth-order valence-electron chi connectivity index (χ4n) is 3.39. The molecule has 0 saturated heterocycles. The molecular weight excluding hydrogens is 298 g/mol. The van der Waals surface area contributed by atoms with Crippen molar-refractivity contribution in [1.29, 1.82) is 0 Å². The predicted octanol–water partition coefficient (Wildman–Crippen LogP) is 3.99. The lowest BCUT2D eigenvalue weighted by molar-refractivity contribution is -0.121. The molecule has 3 nitrogen and oxygen atoms in total.